The monoisotopic (exact) mass is 251 g/mol. The molecule has 0 spiro atoms. The summed E-state index contributed by atoms with van der Waals surface area (Å²) in [5, 5.41) is 3.33. The van der Waals surface area contributed by atoms with E-state index in [0.29, 0.717) is 5.82 Å². The number of nitrogens with one attached hydrogen (secondary N) is 2. The fourth-order valence-corrected chi connectivity index (χ4v) is 1.89. The van der Waals surface area contributed by atoms with Crippen molar-refractivity contribution >= 4 is 11.6 Å². The van der Waals surface area contributed by atoms with Gasteiger partial charge in [0.25, 0.3) is 0 Å². The Morgan fingerprint density at radius 1 is 1.06 bits per heavy atom. The van der Waals surface area contributed by atoms with Crippen molar-refractivity contribution in [3.8, 4) is 0 Å². The summed E-state index contributed by atoms with van der Waals surface area (Å²) in [5.74, 6) is 6.92. The van der Waals surface area contributed by atoms with Gasteiger partial charge in [-0.1, -0.05) is 39.0 Å². The van der Waals surface area contributed by atoms with E-state index in [-0.39, 0.29) is 0 Å². The van der Waals surface area contributed by atoms with E-state index in [1.807, 2.05) is 6.92 Å². The predicted molar refractivity (Wildman–Crippen MR) is 76.4 cm³/mol. The van der Waals surface area contributed by atoms with Gasteiger partial charge in [0, 0.05) is 12.1 Å². The van der Waals surface area contributed by atoms with Crippen LogP contribution in [0.5, 0.6) is 0 Å². The first-order chi connectivity index (χ1) is 8.79. The Balaban J connectivity index is 2.23. The van der Waals surface area contributed by atoms with Crippen LogP contribution in [-0.4, -0.2) is 16.5 Å². The summed E-state index contributed by atoms with van der Waals surface area (Å²) in [6, 6.07) is 0. The largest absolute Gasteiger partial charge is 0.370 e. The van der Waals surface area contributed by atoms with Crippen LogP contribution in [0.2, 0.25) is 0 Å². The maximum Gasteiger partial charge on any atom is 0.148 e. The first-order valence-electron chi connectivity index (χ1n) is 6.81. The number of hydrogen-bond donors (Lipinski definition) is 3. The minimum Gasteiger partial charge on any atom is -0.370 e. The summed E-state index contributed by atoms with van der Waals surface area (Å²) < 4.78 is 0. The molecular formula is C13H25N5. The Morgan fingerprint density at radius 2 is 1.72 bits per heavy atom. The highest BCUT2D eigenvalue weighted by Crippen LogP contribution is 2.17. The highest BCUT2D eigenvalue weighted by atomic mass is 15.3. The van der Waals surface area contributed by atoms with Gasteiger partial charge in [0.1, 0.15) is 18.0 Å². The van der Waals surface area contributed by atoms with Crippen LogP contribution in [0.4, 0.5) is 11.6 Å². The SMILES string of the molecule is CCCCCCCCNc1ncnc(NN)c1C. The van der Waals surface area contributed by atoms with Gasteiger partial charge in [-0.25, -0.2) is 15.8 Å². The molecule has 0 saturated heterocycles. The first-order valence-corrected chi connectivity index (χ1v) is 6.81. The standard InChI is InChI=1S/C13H25N5/c1-3-4-5-6-7-8-9-15-12-11(2)13(18-14)17-10-16-12/h10H,3-9,14H2,1-2H3,(H2,15,16,17,18). The third-order valence-electron chi connectivity index (χ3n) is 3.04. The van der Waals surface area contributed by atoms with Crippen molar-refractivity contribution < 1.29 is 0 Å². The topological polar surface area (TPSA) is 75.9 Å². The molecule has 0 fully saturated rings. The van der Waals surface area contributed by atoms with Gasteiger partial charge in [-0.3, -0.25) is 0 Å². The number of nitrogens with zero attached hydrogens (tertiary/aromatic N) is 2. The zero-order chi connectivity index (χ0) is 13.2. The van der Waals surface area contributed by atoms with Crippen LogP contribution in [0, 0.1) is 6.92 Å². The van der Waals surface area contributed by atoms with Crippen molar-refractivity contribution in [2.24, 2.45) is 5.84 Å². The lowest BCUT2D eigenvalue weighted by molar-refractivity contribution is 0.616. The first kappa shape index (κ1) is 14.7. The lowest BCUT2D eigenvalue weighted by Crippen LogP contribution is -2.13. The molecule has 1 heterocycles. The van der Waals surface area contributed by atoms with Crippen molar-refractivity contribution in [1.29, 1.82) is 0 Å². The van der Waals surface area contributed by atoms with Crippen LogP contribution >= 0.6 is 0 Å². The molecule has 0 atom stereocenters. The van der Waals surface area contributed by atoms with E-state index < -0.39 is 0 Å². The van der Waals surface area contributed by atoms with Gasteiger partial charge >= 0.3 is 0 Å². The molecule has 5 nitrogen and oxygen atoms in total. The minimum absolute atomic E-state index is 0.676. The van der Waals surface area contributed by atoms with Crippen LogP contribution in [-0.2, 0) is 0 Å². The smallest absolute Gasteiger partial charge is 0.148 e. The van der Waals surface area contributed by atoms with Gasteiger partial charge in [0.2, 0.25) is 0 Å². The Hall–Kier alpha value is -1.36. The van der Waals surface area contributed by atoms with Crippen LogP contribution < -0.4 is 16.6 Å². The molecule has 1 aromatic heterocycles. The van der Waals surface area contributed by atoms with Crippen molar-refractivity contribution in [3.05, 3.63) is 11.9 Å². The molecule has 1 aromatic rings. The lowest BCUT2D eigenvalue weighted by atomic mass is 10.1. The van der Waals surface area contributed by atoms with Crippen LogP contribution in [0.15, 0.2) is 6.33 Å². The molecule has 1 rings (SSSR count). The molecule has 0 radical (unpaired) electrons. The summed E-state index contributed by atoms with van der Waals surface area (Å²) in [7, 11) is 0. The van der Waals surface area contributed by atoms with Crippen molar-refractivity contribution in [3.63, 3.8) is 0 Å². The molecule has 18 heavy (non-hydrogen) atoms. The van der Waals surface area contributed by atoms with Gasteiger partial charge < -0.3 is 10.7 Å². The number of aromatic nitrogens is 2. The zero-order valence-electron chi connectivity index (χ0n) is 11.5. The molecule has 0 amide bonds. The normalized spacial score (nSPS) is 10.4. The van der Waals surface area contributed by atoms with E-state index >= 15 is 0 Å². The maximum absolute atomic E-state index is 5.37. The van der Waals surface area contributed by atoms with Gasteiger partial charge in [-0.05, 0) is 13.3 Å². The highest BCUT2D eigenvalue weighted by molar-refractivity contribution is 5.55. The zero-order valence-corrected chi connectivity index (χ0v) is 11.5. The fourth-order valence-electron chi connectivity index (χ4n) is 1.89. The second-order valence-corrected chi connectivity index (χ2v) is 4.53. The summed E-state index contributed by atoms with van der Waals surface area (Å²) >= 11 is 0. The van der Waals surface area contributed by atoms with Crippen LogP contribution in [0.1, 0.15) is 51.0 Å². The molecule has 4 N–H and O–H groups in total. The molecule has 0 saturated carbocycles. The highest BCUT2D eigenvalue weighted by Gasteiger charge is 2.04. The maximum atomic E-state index is 5.37. The summed E-state index contributed by atoms with van der Waals surface area (Å²) in [6.45, 7) is 5.15. The summed E-state index contributed by atoms with van der Waals surface area (Å²) in [6.07, 6.45) is 9.30. The van der Waals surface area contributed by atoms with E-state index in [2.05, 4.69) is 27.6 Å². The Labute approximate surface area is 110 Å². The predicted octanol–water partition coefficient (Wildman–Crippen LogP) is 2.84. The van der Waals surface area contributed by atoms with Gasteiger partial charge in [0.15, 0.2) is 0 Å². The van der Waals surface area contributed by atoms with Gasteiger partial charge in [-0.2, -0.15) is 0 Å². The Kier molecular flexibility index (Phi) is 7.10. The molecule has 0 aromatic carbocycles. The van der Waals surface area contributed by atoms with E-state index in [1.54, 1.807) is 0 Å². The number of nitrogens with two attached hydrogens (primary N) is 1. The molecule has 0 aliphatic rings. The minimum atomic E-state index is 0.676. The number of anilines is 2. The number of hydrogen-bond acceptors (Lipinski definition) is 5. The van der Waals surface area contributed by atoms with Crippen LogP contribution in [0.3, 0.4) is 0 Å². The number of hydrazine groups is 1. The number of rotatable bonds is 9. The molecule has 0 aliphatic heterocycles. The Bertz CT molecular complexity index is 340. The molecular weight excluding hydrogens is 226 g/mol. The average Bonchev–Trinajstić information content (AvgIpc) is 2.39. The summed E-state index contributed by atoms with van der Waals surface area (Å²) in [5.41, 5.74) is 3.53. The Morgan fingerprint density at radius 3 is 2.44 bits per heavy atom. The van der Waals surface area contributed by atoms with Crippen LogP contribution in [0.25, 0.3) is 0 Å². The number of unbranched alkanes of at least 4 members (excludes halogenated alkanes) is 5. The van der Waals surface area contributed by atoms with E-state index in [4.69, 9.17) is 5.84 Å². The van der Waals surface area contributed by atoms with E-state index in [1.165, 1.54) is 44.9 Å². The van der Waals surface area contributed by atoms with Gasteiger partial charge in [0.05, 0.1) is 0 Å². The third kappa shape index (κ3) is 4.87. The number of nitrogen functional groups attached to an aromatic ring is 1. The molecule has 0 unspecified atom stereocenters. The lowest BCUT2D eigenvalue weighted by Gasteiger charge is -2.10. The second-order valence-electron chi connectivity index (χ2n) is 4.53. The van der Waals surface area contributed by atoms with Gasteiger partial charge in [-0.15, -0.1) is 0 Å². The average molecular weight is 251 g/mol. The van der Waals surface area contributed by atoms with Crippen molar-refractivity contribution in [2.75, 3.05) is 17.3 Å². The molecule has 102 valence electrons. The van der Waals surface area contributed by atoms with Crippen molar-refractivity contribution in [1.82, 2.24) is 9.97 Å². The second kappa shape index (κ2) is 8.69. The molecule has 0 aliphatic carbocycles. The van der Waals surface area contributed by atoms with E-state index in [0.717, 1.165) is 17.9 Å². The molecule has 5 heteroatoms. The molecule has 0 bridgehead atoms. The third-order valence-corrected chi connectivity index (χ3v) is 3.04. The summed E-state index contributed by atoms with van der Waals surface area (Å²) in [4.78, 5) is 8.26. The van der Waals surface area contributed by atoms with Crippen molar-refractivity contribution in [2.45, 2.75) is 52.4 Å². The quantitative estimate of drug-likeness (QED) is 0.357. The van der Waals surface area contributed by atoms with E-state index in [9.17, 15) is 0 Å². The fraction of sp³-hybridized carbons (Fsp3) is 0.692.